The van der Waals surface area contributed by atoms with Crippen molar-refractivity contribution in [1.29, 1.82) is 0 Å². The van der Waals surface area contributed by atoms with Gasteiger partial charge < -0.3 is 4.74 Å². The van der Waals surface area contributed by atoms with Crippen LogP contribution in [0.2, 0.25) is 0 Å². The highest BCUT2D eigenvalue weighted by Gasteiger charge is 2.46. The summed E-state index contributed by atoms with van der Waals surface area (Å²) in [6.07, 6.45) is 6.25. The predicted octanol–water partition coefficient (Wildman–Crippen LogP) is 9.41. The highest BCUT2D eigenvalue weighted by Crippen LogP contribution is 2.60. The molecule has 1 heterocycles. The molecule has 2 aliphatic rings. The van der Waals surface area contributed by atoms with Crippen molar-refractivity contribution in [2.45, 2.75) is 37.7 Å². The van der Waals surface area contributed by atoms with Crippen molar-refractivity contribution in [1.82, 2.24) is 0 Å². The van der Waals surface area contributed by atoms with Gasteiger partial charge in [0, 0.05) is 27.5 Å². The molecule has 0 atom stereocenters. The van der Waals surface area contributed by atoms with Crippen LogP contribution in [0.4, 0.5) is 4.39 Å². The Hall–Kier alpha value is -4.17. The maximum atomic E-state index is 14.7. The second kappa shape index (κ2) is 8.43. The summed E-state index contributed by atoms with van der Waals surface area (Å²) in [7, 11) is 0. The van der Waals surface area contributed by atoms with E-state index in [2.05, 4.69) is 98.8 Å². The first-order chi connectivity index (χ1) is 18.6. The largest absolute Gasteiger partial charge is 0.472 e. The van der Waals surface area contributed by atoms with Crippen LogP contribution in [0.25, 0.3) is 28.0 Å². The summed E-state index contributed by atoms with van der Waals surface area (Å²) < 4.78 is 22.0. The molecule has 0 bridgehead atoms. The molecule has 5 aromatic rings. The molecule has 0 N–H and O–H groups in total. The molecule has 0 unspecified atom stereocenters. The van der Waals surface area contributed by atoms with Gasteiger partial charge in [0.05, 0.1) is 0 Å². The maximum absolute atomic E-state index is 14.7. The summed E-state index contributed by atoms with van der Waals surface area (Å²) in [4.78, 5) is 0. The van der Waals surface area contributed by atoms with Crippen molar-refractivity contribution in [2.75, 3.05) is 0 Å². The van der Waals surface area contributed by atoms with Gasteiger partial charge in [-0.2, -0.15) is 0 Å². The Kier molecular flexibility index (Phi) is 5.10. The highest BCUT2D eigenvalue weighted by atomic mass is 19.1. The molecule has 0 spiro atoms. The van der Waals surface area contributed by atoms with E-state index in [-0.39, 0.29) is 11.2 Å². The van der Waals surface area contributed by atoms with Crippen molar-refractivity contribution in [3.05, 3.63) is 143 Å². The normalized spacial score (nSPS) is 16.0. The monoisotopic (exact) mass is 496 g/mol. The number of hydrogen-bond acceptors (Lipinski definition) is 1. The summed E-state index contributed by atoms with van der Waals surface area (Å²) >= 11 is 0. The van der Waals surface area contributed by atoms with Crippen LogP contribution in [0.5, 0.6) is 5.75 Å². The summed E-state index contributed by atoms with van der Waals surface area (Å²) in [6, 6.07) is 34.8. The topological polar surface area (TPSA) is 9.23 Å². The number of benzene rings is 5. The first-order valence-corrected chi connectivity index (χ1v) is 13.5. The van der Waals surface area contributed by atoms with Gasteiger partial charge in [-0.15, -0.1) is 0 Å². The molecular weight excluding hydrogens is 467 g/mol. The van der Waals surface area contributed by atoms with E-state index in [4.69, 9.17) is 4.74 Å². The van der Waals surface area contributed by atoms with Gasteiger partial charge in [0.1, 0.15) is 11.6 Å². The van der Waals surface area contributed by atoms with Crippen LogP contribution >= 0.6 is 0 Å². The maximum Gasteiger partial charge on any atom is 0.178 e. The lowest BCUT2D eigenvalue weighted by Gasteiger charge is -2.39. The Labute approximate surface area is 223 Å². The van der Waals surface area contributed by atoms with E-state index in [9.17, 15) is 4.39 Å². The number of fused-ring (bicyclic) bond motifs is 8. The van der Waals surface area contributed by atoms with Gasteiger partial charge in [-0.25, -0.2) is 4.39 Å². The molecule has 0 amide bonds. The second-order valence-corrected chi connectivity index (χ2v) is 10.4. The van der Waals surface area contributed by atoms with Gasteiger partial charge in [-0.05, 0) is 58.7 Å². The minimum Gasteiger partial charge on any atom is -0.472 e. The van der Waals surface area contributed by atoms with Crippen molar-refractivity contribution < 1.29 is 9.13 Å². The Morgan fingerprint density at radius 3 is 1.95 bits per heavy atom. The summed E-state index contributed by atoms with van der Waals surface area (Å²) in [6.45, 7) is 4.45. The molecule has 1 aliphatic heterocycles. The summed E-state index contributed by atoms with van der Waals surface area (Å²) in [5.41, 5.74) is 6.95. The van der Waals surface area contributed by atoms with Crippen LogP contribution in [0.3, 0.4) is 0 Å². The lowest BCUT2D eigenvalue weighted by Crippen LogP contribution is -2.35. The zero-order valence-electron chi connectivity index (χ0n) is 21.7. The van der Waals surface area contributed by atoms with Gasteiger partial charge in [0.25, 0.3) is 0 Å². The molecule has 0 saturated carbocycles. The van der Waals surface area contributed by atoms with Crippen molar-refractivity contribution in [3.8, 4) is 16.9 Å². The number of hydrogen-bond donors (Lipinski definition) is 0. The number of halogens is 1. The molecule has 186 valence electrons. The number of rotatable bonds is 4. The van der Waals surface area contributed by atoms with Crippen LogP contribution < -0.4 is 4.74 Å². The molecule has 0 fully saturated rings. The fourth-order valence-electron chi connectivity index (χ4n) is 6.97. The van der Waals surface area contributed by atoms with Crippen LogP contribution in [0, 0.1) is 5.82 Å². The minimum absolute atomic E-state index is 0.181. The SMILES string of the molecule is CCC1(CC)c2cc(F)ccc2-c2c1c1c(c3ccccc23)OC(c2ccccc2)(c2ccccc2)C=C1. The minimum atomic E-state index is -0.759. The Bertz CT molecular complexity index is 1670. The Morgan fingerprint density at radius 2 is 1.32 bits per heavy atom. The van der Waals surface area contributed by atoms with Gasteiger partial charge in [-0.3, -0.25) is 0 Å². The van der Waals surface area contributed by atoms with E-state index < -0.39 is 5.60 Å². The lowest BCUT2D eigenvalue weighted by molar-refractivity contribution is 0.163. The average molecular weight is 497 g/mol. The van der Waals surface area contributed by atoms with Gasteiger partial charge in [0.15, 0.2) is 5.60 Å². The zero-order valence-corrected chi connectivity index (χ0v) is 21.7. The predicted molar refractivity (Wildman–Crippen MR) is 154 cm³/mol. The van der Waals surface area contributed by atoms with Crippen LogP contribution in [0.15, 0.2) is 109 Å². The molecule has 1 nitrogen and oxygen atoms in total. The van der Waals surface area contributed by atoms with Gasteiger partial charge in [0.2, 0.25) is 0 Å². The fraction of sp³-hybridized carbons (Fsp3) is 0.167. The van der Waals surface area contributed by atoms with E-state index in [1.165, 1.54) is 11.1 Å². The Balaban J connectivity index is 1.59. The highest BCUT2D eigenvalue weighted by molar-refractivity contribution is 6.08. The van der Waals surface area contributed by atoms with Crippen molar-refractivity contribution in [2.24, 2.45) is 0 Å². The molecule has 0 saturated heterocycles. The van der Waals surface area contributed by atoms with E-state index >= 15 is 0 Å². The number of ether oxygens (including phenoxy) is 1. The molecule has 0 radical (unpaired) electrons. The fourth-order valence-corrected chi connectivity index (χ4v) is 6.97. The third kappa shape index (κ3) is 2.98. The van der Waals surface area contributed by atoms with E-state index in [0.29, 0.717) is 0 Å². The van der Waals surface area contributed by atoms with E-state index in [1.54, 1.807) is 12.1 Å². The standard InChI is InChI=1S/C36H29FO/c1-3-35(4-2)31-23-26(37)19-20-29(31)32-27-17-11-12-18-28(27)34-30(33(32)35)21-22-36(38-34,24-13-7-5-8-14-24)25-15-9-6-10-16-25/h5-23H,3-4H2,1-2H3. The first-order valence-electron chi connectivity index (χ1n) is 13.5. The van der Waals surface area contributed by atoms with Crippen molar-refractivity contribution in [3.63, 3.8) is 0 Å². The molecular formula is C36H29FO. The van der Waals surface area contributed by atoms with Crippen LogP contribution in [-0.4, -0.2) is 0 Å². The third-order valence-corrected chi connectivity index (χ3v) is 8.81. The zero-order chi connectivity index (χ0) is 25.9. The lowest BCUT2D eigenvalue weighted by atomic mass is 9.71. The van der Waals surface area contributed by atoms with Crippen molar-refractivity contribution >= 4 is 16.8 Å². The van der Waals surface area contributed by atoms with Gasteiger partial charge in [-0.1, -0.05) is 111 Å². The molecule has 1 aliphatic carbocycles. The first kappa shape index (κ1) is 23.0. The Morgan fingerprint density at radius 1 is 0.711 bits per heavy atom. The molecule has 7 rings (SSSR count). The van der Waals surface area contributed by atoms with E-state index in [1.807, 2.05) is 18.2 Å². The van der Waals surface area contributed by atoms with E-state index in [0.717, 1.165) is 57.2 Å². The second-order valence-electron chi connectivity index (χ2n) is 10.4. The third-order valence-electron chi connectivity index (χ3n) is 8.81. The van der Waals surface area contributed by atoms with Gasteiger partial charge >= 0.3 is 0 Å². The summed E-state index contributed by atoms with van der Waals surface area (Å²) in [5, 5.41) is 2.24. The average Bonchev–Trinajstić information content (AvgIpc) is 3.28. The smallest absolute Gasteiger partial charge is 0.178 e. The molecule has 38 heavy (non-hydrogen) atoms. The summed E-state index contributed by atoms with van der Waals surface area (Å²) in [5.74, 6) is 0.717. The van der Waals surface area contributed by atoms with Crippen LogP contribution in [0.1, 0.15) is 54.5 Å². The molecule has 2 heteroatoms. The molecule has 0 aromatic heterocycles. The van der Waals surface area contributed by atoms with Crippen LogP contribution in [-0.2, 0) is 11.0 Å². The molecule has 5 aromatic carbocycles. The quantitative estimate of drug-likeness (QED) is 0.241.